The van der Waals surface area contributed by atoms with E-state index in [1.165, 1.54) is 0 Å². The second-order valence-electron chi connectivity index (χ2n) is 6.28. The molecule has 1 unspecified atom stereocenters. The summed E-state index contributed by atoms with van der Waals surface area (Å²) in [7, 11) is 1.56. The molecule has 1 aliphatic heterocycles. The van der Waals surface area contributed by atoms with E-state index >= 15 is 0 Å². The number of H-pyrrole nitrogens is 1. The SMILES string of the molecule is COc1cc2n[nH]nc2cc1C(=O)N1CCCC(c2nc(C)cs2)C1. The third kappa shape index (κ3) is 2.97. The van der Waals surface area contributed by atoms with Crippen molar-refractivity contribution in [3.05, 3.63) is 33.8 Å². The highest BCUT2D eigenvalue weighted by Gasteiger charge is 2.29. The first-order valence-corrected chi connectivity index (χ1v) is 9.13. The van der Waals surface area contributed by atoms with Gasteiger partial charge in [-0.3, -0.25) is 4.79 Å². The van der Waals surface area contributed by atoms with E-state index in [9.17, 15) is 4.79 Å². The Labute approximate surface area is 149 Å². The second kappa shape index (κ2) is 6.44. The maximum absolute atomic E-state index is 13.1. The molecule has 0 spiro atoms. The molecule has 1 amide bonds. The van der Waals surface area contributed by atoms with Crippen molar-refractivity contribution in [2.45, 2.75) is 25.7 Å². The number of hydrogen-bond donors (Lipinski definition) is 1. The minimum Gasteiger partial charge on any atom is -0.496 e. The van der Waals surface area contributed by atoms with E-state index in [-0.39, 0.29) is 5.91 Å². The van der Waals surface area contributed by atoms with E-state index in [0.29, 0.717) is 34.8 Å². The van der Waals surface area contributed by atoms with Crippen LogP contribution in [0.15, 0.2) is 17.5 Å². The molecule has 1 N–H and O–H groups in total. The number of carbonyl (C=O) groups is 1. The number of amides is 1. The van der Waals surface area contributed by atoms with Crippen molar-refractivity contribution >= 4 is 28.3 Å². The van der Waals surface area contributed by atoms with Gasteiger partial charge in [-0.25, -0.2) is 4.98 Å². The van der Waals surface area contributed by atoms with Crippen LogP contribution in [0.1, 0.15) is 39.8 Å². The fourth-order valence-electron chi connectivity index (χ4n) is 3.30. The van der Waals surface area contributed by atoms with Crippen LogP contribution >= 0.6 is 11.3 Å². The summed E-state index contributed by atoms with van der Waals surface area (Å²) in [5.74, 6) is 0.802. The number of aromatic nitrogens is 4. The summed E-state index contributed by atoms with van der Waals surface area (Å²) in [6.07, 6.45) is 2.04. The normalized spacial score (nSPS) is 17.8. The zero-order chi connectivity index (χ0) is 17.4. The molecule has 0 saturated carbocycles. The number of aromatic amines is 1. The summed E-state index contributed by atoms with van der Waals surface area (Å²) in [6, 6.07) is 3.49. The van der Waals surface area contributed by atoms with Crippen molar-refractivity contribution < 1.29 is 9.53 Å². The summed E-state index contributed by atoms with van der Waals surface area (Å²) in [6.45, 7) is 3.44. The third-order valence-electron chi connectivity index (χ3n) is 4.56. The van der Waals surface area contributed by atoms with Crippen LogP contribution in [0.5, 0.6) is 5.75 Å². The average molecular weight is 357 g/mol. The fraction of sp³-hybridized carbons (Fsp3) is 0.412. The van der Waals surface area contributed by atoms with Crippen molar-refractivity contribution in [1.82, 2.24) is 25.3 Å². The number of carbonyl (C=O) groups excluding carboxylic acids is 1. The summed E-state index contributed by atoms with van der Waals surface area (Å²) < 4.78 is 5.41. The van der Waals surface area contributed by atoms with Crippen molar-refractivity contribution in [3.8, 4) is 5.75 Å². The lowest BCUT2D eigenvalue weighted by Gasteiger charge is -2.32. The van der Waals surface area contributed by atoms with Gasteiger partial charge in [-0.2, -0.15) is 15.4 Å². The Morgan fingerprint density at radius 2 is 2.16 bits per heavy atom. The molecule has 2 aromatic heterocycles. The topological polar surface area (TPSA) is 84.0 Å². The minimum absolute atomic E-state index is 0.0280. The number of hydrogen-bond acceptors (Lipinski definition) is 6. The van der Waals surface area contributed by atoms with Gasteiger partial charge < -0.3 is 9.64 Å². The van der Waals surface area contributed by atoms with Crippen LogP contribution in [-0.2, 0) is 0 Å². The number of aryl methyl sites for hydroxylation is 1. The van der Waals surface area contributed by atoms with E-state index in [1.807, 2.05) is 11.8 Å². The third-order valence-corrected chi connectivity index (χ3v) is 5.69. The molecule has 8 heteroatoms. The van der Waals surface area contributed by atoms with Gasteiger partial charge in [0.2, 0.25) is 0 Å². The lowest BCUT2D eigenvalue weighted by Crippen LogP contribution is -2.39. The van der Waals surface area contributed by atoms with Gasteiger partial charge in [0.1, 0.15) is 16.8 Å². The van der Waals surface area contributed by atoms with Gasteiger partial charge in [0.15, 0.2) is 0 Å². The molecular formula is C17H19N5O2S. The summed E-state index contributed by atoms with van der Waals surface area (Å²) in [5.41, 5.74) is 2.91. The van der Waals surface area contributed by atoms with Crippen molar-refractivity contribution in [2.75, 3.05) is 20.2 Å². The Kier molecular flexibility index (Phi) is 4.12. The zero-order valence-corrected chi connectivity index (χ0v) is 15.0. The van der Waals surface area contributed by atoms with Crippen LogP contribution in [0.2, 0.25) is 0 Å². The molecular weight excluding hydrogens is 338 g/mol. The number of nitrogens with one attached hydrogen (secondary N) is 1. The van der Waals surface area contributed by atoms with Gasteiger partial charge in [0.05, 0.1) is 17.7 Å². The number of nitrogens with zero attached hydrogens (tertiary/aromatic N) is 4. The van der Waals surface area contributed by atoms with E-state index in [0.717, 1.165) is 30.1 Å². The predicted octanol–water partition coefficient (Wildman–Crippen LogP) is 2.75. The molecule has 0 aliphatic carbocycles. The molecule has 0 radical (unpaired) electrons. The Bertz CT molecular complexity index is 919. The minimum atomic E-state index is -0.0280. The first-order valence-electron chi connectivity index (χ1n) is 8.25. The van der Waals surface area contributed by atoms with Gasteiger partial charge in [-0.1, -0.05) is 0 Å². The highest BCUT2D eigenvalue weighted by Crippen LogP contribution is 2.31. The smallest absolute Gasteiger partial charge is 0.257 e. The van der Waals surface area contributed by atoms with Gasteiger partial charge in [-0.05, 0) is 25.8 Å². The van der Waals surface area contributed by atoms with Crippen LogP contribution < -0.4 is 4.74 Å². The number of ether oxygens (including phenoxy) is 1. The fourth-order valence-corrected chi connectivity index (χ4v) is 4.22. The molecule has 130 valence electrons. The highest BCUT2D eigenvalue weighted by molar-refractivity contribution is 7.09. The van der Waals surface area contributed by atoms with E-state index < -0.39 is 0 Å². The monoisotopic (exact) mass is 357 g/mol. The largest absolute Gasteiger partial charge is 0.496 e. The molecule has 1 atom stereocenters. The first kappa shape index (κ1) is 16.0. The molecule has 1 fully saturated rings. The highest BCUT2D eigenvalue weighted by atomic mass is 32.1. The zero-order valence-electron chi connectivity index (χ0n) is 14.2. The van der Waals surface area contributed by atoms with E-state index in [4.69, 9.17) is 4.74 Å². The lowest BCUT2D eigenvalue weighted by molar-refractivity contribution is 0.0704. The Hall–Kier alpha value is -2.48. The van der Waals surface area contributed by atoms with Gasteiger partial charge >= 0.3 is 0 Å². The number of benzene rings is 1. The number of fused-ring (bicyclic) bond motifs is 1. The Morgan fingerprint density at radius 1 is 1.36 bits per heavy atom. The Morgan fingerprint density at radius 3 is 2.88 bits per heavy atom. The summed E-state index contributed by atoms with van der Waals surface area (Å²) in [5, 5.41) is 13.9. The molecule has 3 heterocycles. The number of rotatable bonds is 3. The molecule has 3 aromatic rings. The van der Waals surface area contributed by atoms with E-state index in [2.05, 4.69) is 25.8 Å². The number of methoxy groups -OCH3 is 1. The van der Waals surface area contributed by atoms with Crippen molar-refractivity contribution in [1.29, 1.82) is 0 Å². The summed E-state index contributed by atoms with van der Waals surface area (Å²) in [4.78, 5) is 19.6. The molecule has 1 aliphatic rings. The molecule has 25 heavy (non-hydrogen) atoms. The molecule has 4 rings (SSSR count). The molecule has 0 bridgehead atoms. The maximum atomic E-state index is 13.1. The van der Waals surface area contributed by atoms with Crippen LogP contribution in [0.4, 0.5) is 0 Å². The predicted molar refractivity (Wildman–Crippen MR) is 95.2 cm³/mol. The second-order valence-corrected chi connectivity index (χ2v) is 7.17. The first-order chi connectivity index (χ1) is 12.2. The standard InChI is InChI=1S/C17H19N5O2S/c1-10-9-25-16(18-10)11-4-3-5-22(8-11)17(23)12-6-13-14(20-21-19-13)7-15(12)24-2/h6-7,9,11H,3-5,8H2,1-2H3,(H,19,20,21). The number of thiazole rings is 1. The molecule has 7 nitrogen and oxygen atoms in total. The van der Waals surface area contributed by atoms with Gasteiger partial charge in [0.25, 0.3) is 5.91 Å². The van der Waals surface area contributed by atoms with E-state index in [1.54, 1.807) is 30.6 Å². The summed E-state index contributed by atoms with van der Waals surface area (Å²) >= 11 is 1.68. The number of piperidine rings is 1. The van der Waals surface area contributed by atoms with Crippen LogP contribution in [-0.4, -0.2) is 51.4 Å². The van der Waals surface area contributed by atoms with Gasteiger partial charge in [-0.15, -0.1) is 11.3 Å². The van der Waals surface area contributed by atoms with Crippen LogP contribution in [0.25, 0.3) is 11.0 Å². The van der Waals surface area contributed by atoms with Crippen LogP contribution in [0, 0.1) is 6.92 Å². The van der Waals surface area contributed by atoms with Crippen molar-refractivity contribution in [3.63, 3.8) is 0 Å². The maximum Gasteiger partial charge on any atom is 0.257 e. The Balaban J connectivity index is 1.61. The van der Waals surface area contributed by atoms with Gasteiger partial charge in [0, 0.05) is 36.1 Å². The number of likely N-dealkylation sites (tertiary alicyclic amines) is 1. The average Bonchev–Trinajstić information content (AvgIpc) is 3.28. The van der Waals surface area contributed by atoms with Crippen LogP contribution in [0.3, 0.4) is 0 Å². The molecule has 1 saturated heterocycles. The molecule has 1 aromatic carbocycles. The van der Waals surface area contributed by atoms with Crippen molar-refractivity contribution in [2.24, 2.45) is 0 Å². The lowest BCUT2D eigenvalue weighted by atomic mass is 9.97. The quantitative estimate of drug-likeness (QED) is 0.779.